The molecule has 2 atom stereocenters. The fourth-order valence-electron chi connectivity index (χ4n) is 4.78. The molecule has 0 unspecified atom stereocenters. The molecule has 1 aliphatic carbocycles. The van der Waals surface area contributed by atoms with Crippen LogP contribution in [0.25, 0.3) is 0 Å². The minimum atomic E-state index is -0.615. The second kappa shape index (κ2) is 9.60. The Hall–Kier alpha value is -3.16. The number of ether oxygens (including phenoxy) is 2. The molecule has 0 N–H and O–H groups in total. The number of hydrogen-bond acceptors (Lipinski definition) is 5. The molecule has 1 fully saturated rings. The van der Waals surface area contributed by atoms with Crippen LogP contribution >= 0.6 is 11.3 Å². The van der Waals surface area contributed by atoms with Gasteiger partial charge in [0.25, 0.3) is 0 Å². The van der Waals surface area contributed by atoms with E-state index in [1.54, 1.807) is 28.2 Å². The second-order valence-electron chi connectivity index (χ2n) is 8.85. The summed E-state index contributed by atoms with van der Waals surface area (Å²) < 4.78 is 11.3. The maximum absolute atomic E-state index is 13.8. The highest BCUT2D eigenvalue weighted by atomic mass is 32.1. The first-order chi connectivity index (χ1) is 16.6. The number of amides is 2. The number of benzene rings is 2. The van der Waals surface area contributed by atoms with Gasteiger partial charge in [0, 0.05) is 30.1 Å². The van der Waals surface area contributed by atoms with Crippen LogP contribution in [0.15, 0.2) is 72.1 Å². The zero-order valence-electron chi connectivity index (χ0n) is 19.2. The van der Waals surface area contributed by atoms with Gasteiger partial charge in [-0.2, -0.15) is 0 Å². The molecule has 3 aromatic rings. The van der Waals surface area contributed by atoms with Gasteiger partial charge in [-0.05, 0) is 41.6 Å². The molecule has 2 aromatic carbocycles. The molecule has 1 aromatic heterocycles. The van der Waals surface area contributed by atoms with Crippen LogP contribution in [0.2, 0.25) is 0 Å². The van der Waals surface area contributed by atoms with Crippen molar-refractivity contribution in [1.29, 1.82) is 0 Å². The van der Waals surface area contributed by atoms with E-state index in [1.165, 1.54) is 0 Å². The number of rotatable bonds is 10. The SMILES string of the molecule is COCCN(Cc1cccs1)C(=O)CN1C(=O)[C@@]2(COc3ccccc3)C[C@H]2c2ccccc21. The van der Waals surface area contributed by atoms with Crippen LogP contribution in [0.4, 0.5) is 5.69 Å². The highest BCUT2D eigenvalue weighted by molar-refractivity contribution is 7.09. The number of hydrogen-bond donors (Lipinski definition) is 0. The lowest BCUT2D eigenvalue weighted by Crippen LogP contribution is -2.49. The van der Waals surface area contributed by atoms with Gasteiger partial charge in [-0.3, -0.25) is 9.59 Å². The number of carbonyl (C=O) groups excluding carboxylic acids is 2. The van der Waals surface area contributed by atoms with E-state index in [-0.39, 0.29) is 24.3 Å². The molecule has 6 nitrogen and oxygen atoms in total. The van der Waals surface area contributed by atoms with E-state index < -0.39 is 5.41 Å². The van der Waals surface area contributed by atoms with Gasteiger partial charge in [-0.1, -0.05) is 42.5 Å². The Morgan fingerprint density at radius 3 is 2.68 bits per heavy atom. The van der Waals surface area contributed by atoms with Crippen molar-refractivity contribution in [1.82, 2.24) is 4.90 Å². The first-order valence-electron chi connectivity index (χ1n) is 11.5. The Balaban J connectivity index is 1.37. The van der Waals surface area contributed by atoms with Crippen LogP contribution in [0.3, 0.4) is 0 Å². The Morgan fingerprint density at radius 1 is 1.12 bits per heavy atom. The van der Waals surface area contributed by atoms with Crippen molar-refractivity contribution >= 4 is 28.8 Å². The molecule has 1 aliphatic heterocycles. The van der Waals surface area contributed by atoms with Crippen LogP contribution in [-0.2, 0) is 20.9 Å². The monoisotopic (exact) mass is 476 g/mol. The van der Waals surface area contributed by atoms with Gasteiger partial charge in [0.1, 0.15) is 18.9 Å². The molecule has 1 saturated carbocycles. The third-order valence-corrected chi connectivity index (χ3v) is 7.59. The molecule has 2 amide bonds. The van der Waals surface area contributed by atoms with Gasteiger partial charge in [0.2, 0.25) is 11.8 Å². The molecule has 0 radical (unpaired) electrons. The molecule has 2 heterocycles. The standard InChI is InChI=1S/C27H28N2O4S/c1-32-14-13-28(17-21-10-7-15-34-21)25(30)18-29-24-12-6-5-11-22(24)23-16-27(23,26(29)31)19-33-20-8-3-2-4-9-20/h2-12,15,23H,13-14,16-19H2,1H3/t23-,27+/m0/s1. The number of thiophene rings is 1. The van der Waals surface area contributed by atoms with Crippen LogP contribution in [0.1, 0.15) is 22.8 Å². The van der Waals surface area contributed by atoms with Gasteiger partial charge in [0.05, 0.1) is 18.6 Å². The first kappa shape index (κ1) is 22.6. The number of anilines is 1. The maximum atomic E-state index is 13.8. The molecule has 0 saturated heterocycles. The van der Waals surface area contributed by atoms with Gasteiger partial charge >= 0.3 is 0 Å². The van der Waals surface area contributed by atoms with E-state index in [2.05, 4.69) is 6.07 Å². The molecule has 5 rings (SSSR count). The molecular weight excluding hydrogens is 448 g/mol. The van der Waals surface area contributed by atoms with E-state index in [4.69, 9.17) is 9.47 Å². The van der Waals surface area contributed by atoms with Gasteiger partial charge in [-0.15, -0.1) is 11.3 Å². The van der Waals surface area contributed by atoms with Crippen LogP contribution in [-0.4, -0.2) is 50.1 Å². The predicted octanol–water partition coefficient (Wildman–Crippen LogP) is 4.32. The van der Waals surface area contributed by atoms with Crippen molar-refractivity contribution in [2.75, 3.05) is 38.3 Å². The van der Waals surface area contributed by atoms with Crippen molar-refractivity contribution in [2.45, 2.75) is 18.9 Å². The zero-order valence-corrected chi connectivity index (χ0v) is 20.0. The molecule has 2 aliphatic rings. The topological polar surface area (TPSA) is 59.1 Å². The second-order valence-corrected chi connectivity index (χ2v) is 9.88. The molecule has 0 spiro atoms. The van der Waals surface area contributed by atoms with Crippen molar-refractivity contribution in [3.05, 3.63) is 82.6 Å². The van der Waals surface area contributed by atoms with E-state index in [9.17, 15) is 9.59 Å². The number of para-hydroxylation sites is 2. The third-order valence-electron chi connectivity index (χ3n) is 6.73. The lowest BCUT2D eigenvalue weighted by Gasteiger charge is -2.35. The van der Waals surface area contributed by atoms with Crippen LogP contribution in [0.5, 0.6) is 5.75 Å². The van der Waals surface area contributed by atoms with Gasteiger partial charge in [0.15, 0.2) is 0 Å². The van der Waals surface area contributed by atoms with E-state index in [0.717, 1.165) is 28.3 Å². The summed E-state index contributed by atoms with van der Waals surface area (Å²) in [5, 5.41) is 2.00. The predicted molar refractivity (Wildman–Crippen MR) is 132 cm³/mol. The summed E-state index contributed by atoms with van der Waals surface area (Å²) in [4.78, 5) is 31.8. The highest BCUT2D eigenvalue weighted by Crippen LogP contribution is 2.65. The zero-order chi connectivity index (χ0) is 23.5. The quantitative estimate of drug-likeness (QED) is 0.437. The molecular formula is C27H28N2O4S. The van der Waals surface area contributed by atoms with Gasteiger partial charge < -0.3 is 19.3 Å². The lowest BCUT2D eigenvalue weighted by atomic mass is 9.92. The third kappa shape index (κ3) is 4.33. The minimum absolute atomic E-state index is 0.00471. The fourth-order valence-corrected chi connectivity index (χ4v) is 5.50. The average Bonchev–Trinajstić information content (AvgIpc) is 3.40. The normalized spacial score (nSPS) is 20.4. The molecule has 7 heteroatoms. The summed E-state index contributed by atoms with van der Waals surface area (Å²) in [6.45, 7) is 1.74. The van der Waals surface area contributed by atoms with Crippen molar-refractivity contribution in [2.24, 2.45) is 5.41 Å². The van der Waals surface area contributed by atoms with Crippen molar-refractivity contribution in [3.8, 4) is 5.75 Å². The Morgan fingerprint density at radius 2 is 1.91 bits per heavy atom. The van der Waals surface area contributed by atoms with E-state index in [0.29, 0.717) is 26.3 Å². The molecule has 176 valence electrons. The summed E-state index contributed by atoms with van der Waals surface area (Å²) in [7, 11) is 1.63. The summed E-state index contributed by atoms with van der Waals surface area (Å²) in [6, 6.07) is 21.5. The number of fused-ring (bicyclic) bond motifs is 3. The summed E-state index contributed by atoms with van der Waals surface area (Å²) in [5.74, 6) is 0.760. The van der Waals surface area contributed by atoms with Crippen molar-refractivity contribution < 1.29 is 19.1 Å². The van der Waals surface area contributed by atoms with E-state index >= 15 is 0 Å². The van der Waals surface area contributed by atoms with E-state index in [1.807, 2.05) is 66.0 Å². The average molecular weight is 477 g/mol. The van der Waals surface area contributed by atoms with Crippen molar-refractivity contribution in [3.63, 3.8) is 0 Å². The smallest absolute Gasteiger partial charge is 0.243 e. The summed E-state index contributed by atoms with van der Waals surface area (Å²) >= 11 is 1.62. The Labute approximate surface area is 203 Å². The minimum Gasteiger partial charge on any atom is -0.492 e. The fraction of sp³-hybridized carbons (Fsp3) is 0.333. The highest BCUT2D eigenvalue weighted by Gasteiger charge is 2.66. The maximum Gasteiger partial charge on any atom is 0.243 e. The first-order valence-corrected chi connectivity index (χ1v) is 12.4. The Kier molecular flexibility index (Phi) is 6.39. The Bertz CT molecular complexity index is 1150. The van der Waals surface area contributed by atoms with Gasteiger partial charge in [-0.25, -0.2) is 0 Å². The summed E-state index contributed by atoms with van der Waals surface area (Å²) in [6.07, 6.45) is 0.739. The van der Waals surface area contributed by atoms with Crippen LogP contribution in [0, 0.1) is 5.41 Å². The largest absolute Gasteiger partial charge is 0.492 e. The number of methoxy groups -OCH3 is 1. The number of nitrogens with zero attached hydrogens (tertiary/aromatic N) is 2. The number of carbonyl (C=O) groups is 2. The molecule has 34 heavy (non-hydrogen) atoms. The lowest BCUT2D eigenvalue weighted by molar-refractivity contribution is -0.133. The molecule has 0 bridgehead atoms. The van der Waals surface area contributed by atoms with Crippen LogP contribution < -0.4 is 9.64 Å². The summed E-state index contributed by atoms with van der Waals surface area (Å²) in [5.41, 5.74) is 1.34.